The van der Waals surface area contributed by atoms with Crippen LogP contribution in [0.15, 0.2) is 22.7 Å². The second-order valence-corrected chi connectivity index (χ2v) is 4.57. The molecule has 0 spiro atoms. The van der Waals surface area contributed by atoms with Crippen LogP contribution in [0.1, 0.15) is 11.7 Å². The number of hydrogen-bond donors (Lipinski definition) is 0. The van der Waals surface area contributed by atoms with Crippen LogP contribution in [-0.4, -0.2) is 23.2 Å². The number of alkyl halides is 3. The number of pyridine rings is 1. The Hall–Kier alpha value is -1.47. The third-order valence-corrected chi connectivity index (χ3v) is 3.10. The van der Waals surface area contributed by atoms with E-state index < -0.39 is 35.1 Å². The minimum Gasteiger partial charge on any atom is -0.292 e. The Bertz CT molecular complexity index is 640. The number of rotatable bonds is 1. The standard InChI is InChI=1S/C11H4Cl2F4N2O/c12-5-2-6(14)8(19-10(5)13)9-7(20)1-4(3-18-9)11(15,16)17/h1-3,9H. The molecule has 0 saturated carbocycles. The lowest BCUT2D eigenvalue weighted by molar-refractivity contribution is -0.117. The third kappa shape index (κ3) is 2.83. The number of ketones is 1. The number of aliphatic imine (C=N–C) groups is 1. The van der Waals surface area contributed by atoms with E-state index in [-0.39, 0.29) is 10.2 Å². The number of carbonyl (C=O) groups excluding carboxylic acids is 1. The van der Waals surface area contributed by atoms with Gasteiger partial charge in [-0.3, -0.25) is 9.79 Å². The normalized spacial score (nSPS) is 19.2. The summed E-state index contributed by atoms with van der Waals surface area (Å²) in [6, 6.07) is -0.686. The van der Waals surface area contributed by atoms with Crippen LogP contribution in [0.25, 0.3) is 0 Å². The molecule has 20 heavy (non-hydrogen) atoms. The second-order valence-electron chi connectivity index (χ2n) is 3.81. The van der Waals surface area contributed by atoms with Gasteiger partial charge in [0.1, 0.15) is 16.7 Å². The van der Waals surface area contributed by atoms with E-state index in [1.165, 1.54) is 0 Å². The van der Waals surface area contributed by atoms with Crippen molar-refractivity contribution in [1.82, 2.24) is 4.98 Å². The van der Waals surface area contributed by atoms with Crippen LogP contribution in [0.2, 0.25) is 10.2 Å². The molecule has 0 saturated heterocycles. The molecule has 2 heterocycles. The summed E-state index contributed by atoms with van der Waals surface area (Å²) in [5, 5.41) is -0.441. The Morgan fingerprint density at radius 2 is 1.90 bits per heavy atom. The van der Waals surface area contributed by atoms with Crippen molar-refractivity contribution in [3.8, 4) is 0 Å². The molecule has 3 nitrogen and oxygen atoms in total. The highest BCUT2D eigenvalue weighted by Gasteiger charge is 2.37. The first-order valence-electron chi connectivity index (χ1n) is 5.07. The van der Waals surface area contributed by atoms with Gasteiger partial charge in [0.15, 0.2) is 11.8 Å². The number of aromatic nitrogens is 1. The van der Waals surface area contributed by atoms with E-state index in [2.05, 4.69) is 9.98 Å². The summed E-state index contributed by atoms with van der Waals surface area (Å²) in [5.41, 5.74) is -1.68. The van der Waals surface area contributed by atoms with Crippen molar-refractivity contribution in [2.24, 2.45) is 4.99 Å². The van der Waals surface area contributed by atoms with E-state index in [0.29, 0.717) is 12.3 Å². The zero-order chi connectivity index (χ0) is 15.1. The molecule has 1 aromatic heterocycles. The monoisotopic (exact) mass is 326 g/mol. The van der Waals surface area contributed by atoms with Gasteiger partial charge >= 0.3 is 6.18 Å². The van der Waals surface area contributed by atoms with Crippen molar-refractivity contribution in [3.05, 3.63) is 39.4 Å². The summed E-state index contributed by atoms with van der Waals surface area (Å²) < 4.78 is 50.8. The molecule has 106 valence electrons. The second kappa shape index (κ2) is 5.14. The summed E-state index contributed by atoms with van der Waals surface area (Å²) in [4.78, 5) is 18.6. The highest BCUT2D eigenvalue weighted by atomic mass is 35.5. The predicted molar refractivity (Wildman–Crippen MR) is 64.6 cm³/mol. The highest BCUT2D eigenvalue weighted by molar-refractivity contribution is 6.41. The Labute approximate surface area is 119 Å². The summed E-state index contributed by atoms with van der Waals surface area (Å²) in [6.45, 7) is 0. The average Bonchev–Trinajstić information content (AvgIpc) is 2.33. The van der Waals surface area contributed by atoms with Crippen molar-refractivity contribution in [2.45, 2.75) is 12.2 Å². The molecule has 0 fully saturated rings. The molecule has 1 unspecified atom stereocenters. The minimum atomic E-state index is -4.70. The van der Waals surface area contributed by atoms with Gasteiger partial charge in [-0.25, -0.2) is 9.37 Å². The van der Waals surface area contributed by atoms with Gasteiger partial charge in [-0.1, -0.05) is 23.2 Å². The molecule has 2 rings (SSSR count). The van der Waals surface area contributed by atoms with Crippen molar-refractivity contribution in [2.75, 3.05) is 0 Å². The predicted octanol–water partition coefficient (Wildman–Crippen LogP) is 3.71. The van der Waals surface area contributed by atoms with Gasteiger partial charge in [-0.2, -0.15) is 13.2 Å². The molecule has 1 aliphatic rings. The number of allylic oxidation sites excluding steroid dienone is 1. The maximum absolute atomic E-state index is 13.6. The molecular weight excluding hydrogens is 323 g/mol. The van der Waals surface area contributed by atoms with E-state index in [9.17, 15) is 22.4 Å². The van der Waals surface area contributed by atoms with Gasteiger partial charge in [-0.15, -0.1) is 0 Å². The van der Waals surface area contributed by atoms with Gasteiger partial charge in [0.2, 0.25) is 0 Å². The maximum atomic E-state index is 13.6. The quantitative estimate of drug-likeness (QED) is 0.583. The lowest BCUT2D eigenvalue weighted by Crippen LogP contribution is -2.22. The summed E-state index contributed by atoms with van der Waals surface area (Å²) >= 11 is 11.1. The van der Waals surface area contributed by atoms with Gasteiger partial charge < -0.3 is 0 Å². The molecule has 0 amide bonds. The Kier molecular flexibility index (Phi) is 3.84. The number of dihydropyridines is 1. The molecule has 1 aliphatic heterocycles. The largest absolute Gasteiger partial charge is 0.418 e. The fourth-order valence-corrected chi connectivity index (χ4v) is 1.79. The Morgan fingerprint density at radius 3 is 2.45 bits per heavy atom. The molecular formula is C11H4Cl2F4N2O. The van der Waals surface area contributed by atoms with Crippen LogP contribution in [0.5, 0.6) is 0 Å². The van der Waals surface area contributed by atoms with Gasteiger partial charge in [0, 0.05) is 6.21 Å². The lowest BCUT2D eigenvalue weighted by atomic mass is 10.0. The van der Waals surface area contributed by atoms with Gasteiger partial charge in [0.25, 0.3) is 0 Å². The fourth-order valence-electron chi connectivity index (χ4n) is 1.51. The number of carbonyl (C=O) groups is 1. The van der Waals surface area contributed by atoms with E-state index in [0.717, 1.165) is 6.07 Å². The van der Waals surface area contributed by atoms with Crippen LogP contribution >= 0.6 is 23.2 Å². The molecule has 0 bridgehead atoms. The number of hydrogen-bond acceptors (Lipinski definition) is 3. The fraction of sp³-hybridized carbons (Fsp3) is 0.182. The van der Waals surface area contributed by atoms with Crippen LogP contribution < -0.4 is 0 Å². The average molecular weight is 327 g/mol. The Balaban J connectivity index is 2.39. The van der Waals surface area contributed by atoms with Gasteiger partial charge in [0.05, 0.1) is 10.6 Å². The highest BCUT2D eigenvalue weighted by Crippen LogP contribution is 2.32. The number of halogens is 6. The van der Waals surface area contributed by atoms with Crippen LogP contribution in [0.3, 0.4) is 0 Å². The lowest BCUT2D eigenvalue weighted by Gasteiger charge is -2.16. The zero-order valence-corrected chi connectivity index (χ0v) is 10.9. The Morgan fingerprint density at radius 1 is 1.25 bits per heavy atom. The number of nitrogens with zero attached hydrogens (tertiary/aromatic N) is 2. The molecule has 0 aromatic carbocycles. The van der Waals surface area contributed by atoms with Gasteiger partial charge in [-0.05, 0) is 12.1 Å². The first-order chi connectivity index (χ1) is 9.20. The van der Waals surface area contributed by atoms with Crippen molar-refractivity contribution < 1.29 is 22.4 Å². The van der Waals surface area contributed by atoms with E-state index in [1.54, 1.807) is 0 Å². The molecule has 0 aliphatic carbocycles. The maximum Gasteiger partial charge on any atom is 0.418 e. The molecule has 1 aromatic rings. The first kappa shape index (κ1) is 14.9. The summed E-state index contributed by atoms with van der Waals surface area (Å²) in [7, 11) is 0. The smallest absolute Gasteiger partial charge is 0.292 e. The first-order valence-corrected chi connectivity index (χ1v) is 5.83. The summed E-state index contributed by atoms with van der Waals surface area (Å²) in [5.74, 6) is -2.01. The summed E-state index contributed by atoms with van der Waals surface area (Å²) in [6.07, 6.45) is -3.90. The molecule has 0 N–H and O–H groups in total. The van der Waals surface area contributed by atoms with E-state index in [1.807, 2.05) is 0 Å². The molecule has 0 radical (unpaired) electrons. The molecule has 1 atom stereocenters. The molecule has 9 heteroatoms. The minimum absolute atomic E-state index is 0.174. The van der Waals surface area contributed by atoms with Crippen molar-refractivity contribution in [3.63, 3.8) is 0 Å². The van der Waals surface area contributed by atoms with E-state index >= 15 is 0 Å². The topological polar surface area (TPSA) is 42.3 Å². The van der Waals surface area contributed by atoms with Crippen molar-refractivity contribution >= 4 is 35.2 Å². The van der Waals surface area contributed by atoms with Crippen LogP contribution in [0, 0.1) is 5.82 Å². The zero-order valence-electron chi connectivity index (χ0n) is 9.38. The van der Waals surface area contributed by atoms with Crippen molar-refractivity contribution in [1.29, 1.82) is 0 Å². The SMILES string of the molecule is O=C1C=C(C(F)(F)F)C=NC1c1nc(Cl)c(Cl)cc1F. The van der Waals surface area contributed by atoms with Crippen LogP contribution in [-0.2, 0) is 4.79 Å². The third-order valence-electron chi connectivity index (χ3n) is 2.43. The van der Waals surface area contributed by atoms with E-state index in [4.69, 9.17) is 23.2 Å². The van der Waals surface area contributed by atoms with Crippen LogP contribution in [0.4, 0.5) is 17.6 Å².